The van der Waals surface area contributed by atoms with Crippen molar-refractivity contribution in [2.24, 2.45) is 11.3 Å². The molecule has 0 bridgehead atoms. The fourth-order valence-corrected chi connectivity index (χ4v) is 3.32. The number of rotatable bonds is 3. The molecule has 5 nitrogen and oxygen atoms in total. The number of hydrogen-bond acceptors (Lipinski definition) is 4. The number of anilines is 1. The molecule has 106 valence electrons. The van der Waals surface area contributed by atoms with Gasteiger partial charge < -0.3 is 5.32 Å². The van der Waals surface area contributed by atoms with Crippen LogP contribution in [0.2, 0.25) is 0 Å². The summed E-state index contributed by atoms with van der Waals surface area (Å²) in [5, 5.41) is 14.9. The van der Waals surface area contributed by atoms with Gasteiger partial charge in [0.25, 0.3) is 0 Å². The van der Waals surface area contributed by atoms with Crippen molar-refractivity contribution in [2.75, 3.05) is 5.32 Å². The number of benzene rings is 1. The van der Waals surface area contributed by atoms with Crippen LogP contribution in [0.4, 0.5) is 5.69 Å². The highest BCUT2D eigenvalue weighted by Crippen LogP contribution is 2.42. The molecule has 1 fully saturated rings. The van der Waals surface area contributed by atoms with Gasteiger partial charge in [0.2, 0.25) is 0 Å². The molecule has 5 heteroatoms. The Kier molecular flexibility index (Phi) is 3.20. The largest absolute Gasteiger partial charge is 0.382 e. The van der Waals surface area contributed by atoms with Crippen LogP contribution >= 0.6 is 0 Å². The third-order valence-electron chi connectivity index (χ3n) is 4.15. The van der Waals surface area contributed by atoms with E-state index in [1.807, 2.05) is 12.1 Å². The zero-order chi connectivity index (χ0) is 14.2. The molecule has 0 amide bonds. The van der Waals surface area contributed by atoms with Crippen LogP contribution in [0.1, 0.15) is 33.6 Å². The van der Waals surface area contributed by atoms with Gasteiger partial charge in [-0.05, 0) is 52.8 Å². The lowest BCUT2D eigenvalue weighted by atomic mass is 9.91. The van der Waals surface area contributed by atoms with Gasteiger partial charge in [-0.1, -0.05) is 26.8 Å². The minimum Gasteiger partial charge on any atom is -0.382 e. The third-order valence-corrected chi connectivity index (χ3v) is 4.15. The highest BCUT2D eigenvalue weighted by molar-refractivity contribution is 5.51. The molecule has 0 aliphatic heterocycles. The van der Waals surface area contributed by atoms with Crippen molar-refractivity contribution in [3.63, 3.8) is 0 Å². The minimum atomic E-state index is 0.435. The van der Waals surface area contributed by atoms with Crippen LogP contribution in [0.3, 0.4) is 0 Å². The fourth-order valence-electron chi connectivity index (χ4n) is 3.32. The summed E-state index contributed by atoms with van der Waals surface area (Å²) in [5.74, 6) is 0.696. The van der Waals surface area contributed by atoms with Gasteiger partial charge in [0, 0.05) is 11.7 Å². The predicted molar refractivity (Wildman–Crippen MR) is 78.7 cm³/mol. The Morgan fingerprint density at radius 2 is 2.15 bits per heavy atom. The van der Waals surface area contributed by atoms with E-state index in [0.29, 0.717) is 17.4 Å². The second-order valence-corrected chi connectivity index (χ2v) is 6.61. The molecular weight excluding hydrogens is 250 g/mol. The molecule has 1 saturated carbocycles. The van der Waals surface area contributed by atoms with Crippen molar-refractivity contribution in [3.05, 3.63) is 30.6 Å². The fraction of sp³-hybridized carbons (Fsp3) is 0.533. The second kappa shape index (κ2) is 4.89. The van der Waals surface area contributed by atoms with Gasteiger partial charge in [0.15, 0.2) is 0 Å². The van der Waals surface area contributed by atoms with Gasteiger partial charge >= 0.3 is 0 Å². The Morgan fingerprint density at radius 3 is 2.80 bits per heavy atom. The highest BCUT2D eigenvalue weighted by atomic mass is 15.5. The smallest absolute Gasteiger partial charge is 0.143 e. The second-order valence-electron chi connectivity index (χ2n) is 6.61. The van der Waals surface area contributed by atoms with E-state index in [4.69, 9.17) is 0 Å². The van der Waals surface area contributed by atoms with Crippen LogP contribution in [0.25, 0.3) is 5.69 Å². The van der Waals surface area contributed by atoms with E-state index < -0.39 is 0 Å². The SMILES string of the molecule is CC1CC(C)(C)CC1Nc1cccc(-n2cnnn2)c1. The summed E-state index contributed by atoms with van der Waals surface area (Å²) in [4.78, 5) is 0. The maximum atomic E-state index is 3.93. The van der Waals surface area contributed by atoms with Crippen LogP contribution in [-0.2, 0) is 0 Å². The quantitative estimate of drug-likeness (QED) is 0.932. The average Bonchev–Trinajstić information content (AvgIpc) is 2.98. The van der Waals surface area contributed by atoms with E-state index in [0.717, 1.165) is 11.4 Å². The zero-order valence-electron chi connectivity index (χ0n) is 12.2. The maximum absolute atomic E-state index is 3.93. The molecule has 1 N–H and O–H groups in total. The lowest BCUT2D eigenvalue weighted by Crippen LogP contribution is -2.22. The Labute approximate surface area is 119 Å². The van der Waals surface area contributed by atoms with Crippen molar-refractivity contribution in [3.8, 4) is 5.69 Å². The molecule has 2 unspecified atom stereocenters. The molecule has 20 heavy (non-hydrogen) atoms. The van der Waals surface area contributed by atoms with Crippen LogP contribution in [0.5, 0.6) is 0 Å². The molecule has 0 saturated heterocycles. The molecule has 1 aliphatic rings. The van der Waals surface area contributed by atoms with E-state index in [1.54, 1.807) is 11.0 Å². The lowest BCUT2D eigenvalue weighted by molar-refractivity contribution is 0.366. The van der Waals surface area contributed by atoms with Crippen molar-refractivity contribution >= 4 is 5.69 Å². The van der Waals surface area contributed by atoms with Crippen LogP contribution < -0.4 is 5.32 Å². The van der Waals surface area contributed by atoms with E-state index in [2.05, 4.69) is 53.7 Å². The summed E-state index contributed by atoms with van der Waals surface area (Å²) < 4.78 is 1.67. The summed E-state index contributed by atoms with van der Waals surface area (Å²) in [6, 6.07) is 8.77. The van der Waals surface area contributed by atoms with Crippen molar-refractivity contribution in [2.45, 2.75) is 39.7 Å². The van der Waals surface area contributed by atoms with Crippen LogP contribution in [0, 0.1) is 11.3 Å². The monoisotopic (exact) mass is 271 g/mol. The molecule has 1 heterocycles. The summed E-state index contributed by atoms with van der Waals surface area (Å²) in [7, 11) is 0. The van der Waals surface area contributed by atoms with Gasteiger partial charge in [-0.25, -0.2) is 4.68 Å². The molecule has 0 radical (unpaired) electrons. The Hall–Kier alpha value is -1.91. The molecular formula is C15H21N5. The van der Waals surface area contributed by atoms with Gasteiger partial charge in [0.1, 0.15) is 6.33 Å². The zero-order valence-corrected chi connectivity index (χ0v) is 12.2. The first kappa shape index (κ1) is 13.1. The standard InChI is InChI=1S/C15H21N5/c1-11-8-15(2,3)9-14(11)17-12-5-4-6-13(7-12)20-10-16-18-19-20/h4-7,10-11,14,17H,8-9H2,1-3H3. The van der Waals surface area contributed by atoms with E-state index >= 15 is 0 Å². The highest BCUT2D eigenvalue weighted by Gasteiger charge is 2.36. The number of nitrogens with one attached hydrogen (secondary N) is 1. The first-order chi connectivity index (χ1) is 9.53. The Balaban J connectivity index is 1.77. The number of nitrogens with zero attached hydrogens (tertiary/aromatic N) is 4. The summed E-state index contributed by atoms with van der Waals surface area (Å²) in [5.41, 5.74) is 2.54. The normalized spacial score (nSPS) is 24.8. The van der Waals surface area contributed by atoms with E-state index in [9.17, 15) is 0 Å². The topological polar surface area (TPSA) is 55.6 Å². The first-order valence-electron chi connectivity index (χ1n) is 7.13. The van der Waals surface area contributed by atoms with Gasteiger partial charge in [-0.3, -0.25) is 0 Å². The first-order valence-corrected chi connectivity index (χ1v) is 7.13. The number of hydrogen-bond donors (Lipinski definition) is 1. The number of aromatic nitrogens is 4. The molecule has 1 aromatic heterocycles. The minimum absolute atomic E-state index is 0.435. The Morgan fingerprint density at radius 1 is 1.30 bits per heavy atom. The van der Waals surface area contributed by atoms with Crippen LogP contribution in [-0.4, -0.2) is 26.2 Å². The van der Waals surface area contributed by atoms with Gasteiger partial charge in [-0.2, -0.15) is 0 Å². The number of tetrazole rings is 1. The van der Waals surface area contributed by atoms with E-state index in [1.165, 1.54) is 12.8 Å². The van der Waals surface area contributed by atoms with E-state index in [-0.39, 0.29) is 0 Å². The van der Waals surface area contributed by atoms with Crippen molar-refractivity contribution in [1.82, 2.24) is 20.2 Å². The van der Waals surface area contributed by atoms with Crippen molar-refractivity contribution < 1.29 is 0 Å². The summed E-state index contributed by atoms with van der Waals surface area (Å²) in [6.45, 7) is 7.03. The van der Waals surface area contributed by atoms with Gasteiger partial charge in [-0.15, -0.1) is 5.10 Å². The lowest BCUT2D eigenvalue weighted by Gasteiger charge is -2.20. The predicted octanol–water partition coefficient (Wildman–Crippen LogP) is 2.90. The average molecular weight is 271 g/mol. The molecule has 0 spiro atoms. The molecule has 2 aromatic rings. The summed E-state index contributed by atoms with van der Waals surface area (Å²) >= 11 is 0. The third kappa shape index (κ3) is 2.66. The summed E-state index contributed by atoms with van der Waals surface area (Å²) in [6.07, 6.45) is 4.10. The molecule has 1 aliphatic carbocycles. The maximum Gasteiger partial charge on any atom is 0.143 e. The molecule has 1 aromatic carbocycles. The van der Waals surface area contributed by atoms with Crippen molar-refractivity contribution in [1.29, 1.82) is 0 Å². The molecule has 2 atom stereocenters. The Bertz CT molecular complexity index is 576. The molecule has 3 rings (SSSR count). The van der Waals surface area contributed by atoms with Crippen LogP contribution in [0.15, 0.2) is 30.6 Å². The van der Waals surface area contributed by atoms with Gasteiger partial charge in [0.05, 0.1) is 5.69 Å².